The van der Waals surface area contributed by atoms with Gasteiger partial charge in [0.25, 0.3) is 0 Å². The van der Waals surface area contributed by atoms with Crippen LogP contribution in [0.15, 0.2) is 12.7 Å². The SMILES string of the molecule is C=CCOCC1CN(C(OCC)[SiH](C)C)C[Si](C)(C)O1. The summed E-state index contributed by atoms with van der Waals surface area (Å²) in [6.45, 7) is 18.0. The van der Waals surface area contributed by atoms with Crippen molar-refractivity contribution in [1.82, 2.24) is 4.90 Å². The predicted molar refractivity (Wildman–Crippen MR) is 89.2 cm³/mol. The van der Waals surface area contributed by atoms with E-state index >= 15 is 0 Å². The van der Waals surface area contributed by atoms with Gasteiger partial charge in [0, 0.05) is 19.3 Å². The van der Waals surface area contributed by atoms with Crippen LogP contribution in [0, 0.1) is 0 Å². The average Bonchev–Trinajstić information content (AvgIpc) is 2.34. The summed E-state index contributed by atoms with van der Waals surface area (Å²) < 4.78 is 17.9. The van der Waals surface area contributed by atoms with Gasteiger partial charge >= 0.3 is 0 Å². The molecule has 1 rings (SSSR count). The van der Waals surface area contributed by atoms with Crippen LogP contribution in [-0.4, -0.2) is 66.5 Å². The van der Waals surface area contributed by atoms with Crippen molar-refractivity contribution in [1.29, 1.82) is 0 Å². The standard InChI is InChI=1S/C14H31NO3Si2/c1-7-9-16-11-13-10-15(12-20(5,6)18-13)14(17-8-2)19(3)4/h7,13-14,19H,1,8-12H2,2-6H3. The Hall–Kier alpha value is 0.0138. The van der Waals surface area contributed by atoms with Gasteiger partial charge < -0.3 is 13.9 Å². The molecular weight excluding hydrogens is 286 g/mol. The van der Waals surface area contributed by atoms with Crippen molar-refractivity contribution in [2.75, 3.05) is 32.5 Å². The Bertz CT molecular complexity index is 300. The average molecular weight is 318 g/mol. The maximum absolute atomic E-state index is 6.26. The van der Waals surface area contributed by atoms with E-state index in [4.69, 9.17) is 13.9 Å². The van der Waals surface area contributed by atoms with Crippen LogP contribution in [0.3, 0.4) is 0 Å². The molecule has 0 saturated carbocycles. The molecule has 1 heterocycles. The zero-order valence-corrected chi connectivity index (χ0v) is 15.9. The summed E-state index contributed by atoms with van der Waals surface area (Å²) in [5, 5.41) is 0. The fraction of sp³-hybridized carbons (Fsp3) is 0.857. The lowest BCUT2D eigenvalue weighted by Crippen LogP contribution is -2.62. The van der Waals surface area contributed by atoms with Crippen molar-refractivity contribution in [3.8, 4) is 0 Å². The van der Waals surface area contributed by atoms with Crippen LogP contribution < -0.4 is 0 Å². The fourth-order valence-electron chi connectivity index (χ4n) is 2.79. The van der Waals surface area contributed by atoms with Crippen LogP contribution in [0.25, 0.3) is 0 Å². The van der Waals surface area contributed by atoms with Gasteiger partial charge in [0.2, 0.25) is 8.32 Å². The molecule has 118 valence electrons. The molecule has 0 amide bonds. The van der Waals surface area contributed by atoms with Crippen molar-refractivity contribution in [2.24, 2.45) is 0 Å². The van der Waals surface area contributed by atoms with E-state index < -0.39 is 17.1 Å². The molecule has 1 aliphatic rings. The second kappa shape index (κ2) is 8.45. The zero-order valence-electron chi connectivity index (χ0n) is 13.7. The van der Waals surface area contributed by atoms with E-state index in [0.29, 0.717) is 19.1 Å². The molecule has 1 saturated heterocycles. The van der Waals surface area contributed by atoms with E-state index in [1.807, 2.05) is 0 Å². The summed E-state index contributed by atoms with van der Waals surface area (Å²) in [6, 6.07) is 0. The van der Waals surface area contributed by atoms with Crippen LogP contribution in [0.2, 0.25) is 26.2 Å². The number of nitrogens with zero attached hydrogens (tertiary/aromatic N) is 1. The summed E-state index contributed by atoms with van der Waals surface area (Å²) in [4.78, 5) is 2.51. The molecule has 1 fully saturated rings. The molecule has 0 aliphatic carbocycles. The van der Waals surface area contributed by atoms with Gasteiger partial charge in [-0.2, -0.15) is 0 Å². The predicted octanol–water partition coefficient (Wildman–Crippen LogP) is 2.02. The molecule has 0 aromatic heterocycles. The molecule has 2 atom stereocenters. The summed E-state index contributed by atoms with van der Waals surface area (Å²) >= 11 is 0. The van der Waals surface area contributed by atoms with E-state index in [1.54, 1.807) is 6.08 Å². The van der Waals surface area contributed by atoms with Gasteiger partial charge in [-0.3, -0.25) is 4.90 Å². The lowest BCUT2D eigenvalue weighted by atomic mass is 10.3. The Kier molecular flexibility index (Phi) is 7.64. The van der Waals surface area contributed by atoms with E-state index in [-0.39, 0.29) is 6.10 Å². The Morgan fingerprint density at radius 2 is 2.20 bits per heavy atom. The van der Waals surface area contributed by atoms with Gasteiger partial charge in [-0.05, 0) is 20.0 Å². The highest BCUT2D eigenvalue weighted by atomic mass is 28.4. The minimum atomic E-state index is -1.65. The van der Waals surface area contributed by atoms with Gasteiger partial charge in [-0.15, -0.1) is 6.58 Å². The summed E-state index contributed by atoms with van der Waals surface area (Å²) in [5.41, 5.74) is 0. The number of ether oxygens (including phenoxy) is 2. The van der Waals surface area contributed by atoms with Crippen LogP contribution in [0.5, 0.6) is 0 Å². The van der Waals surface area contributed by atoms with Crippen molar-refractivity contribution in [3.63, 3.8) is 0 Å². The third-order valence-electron chi connectivity index (χ3n) is 3.31. The first-order valence-corrected chi connectivity index (χ1v) is 13.7. The monoisotopic (exact) mass is 317 g/mol. The molecule has 6 heteroatoms. The Labute approximate surface area is 126 Å². The lowest BCUT2D eigenvalue weighted by Gasteiger charge is -2.45. The van der Waals surface area contributed by atoms with E-state index in [9.17, 15) is 0 Å². The molecule has 0 aromatic rings. The van der Waals surface area contributed by atoms with Gasteiger partial charge in [0.05, 0.1) is 34.0 Å². The van der Waals surface area contributed by atoms with Crippen LogP contribution in [0.1, 0.15) is 6.92 Å². The maximum Gasteiger partial charge on any atom is 0.201 e. The zero-order chi connectivity index (χ0) is 15.2. The highest BCUT2D eigenvalue weighted by molar-refractivity contribution is 6.71. The summed E-state index contributed by atoms with van der Waals surface area (Å²) in [5.74, 6) is 0.317. The largest absolute Gasteiger partial charge is 0.410 e. The molecule has 1 aliphatic heterocycles. The molecule has 0 spiro atoms. The van der Waals surface area contributed by atoms with Gasteiger partial charge in [0.1, 0.15) is 0 Å². The summed E-state index contributed by atoms with van der Waals surface area (Å²) in [6.07, 6.45) is 3.01. The minimum Gasteiger partial charge on any atom is -0.410 e. The Balaban J connectivity index is 2.67. The highest BCUT2D eigenvalue weighted by Gasteiger charge is 2.39. The first-order valence-electron chi connectivity index (χ1n) is 7.61. The van der Waals surface area contributed by atoms with Gasteiger partial charge in [0.15, 0.2) is 0 Å². The van der Waals surface area contributed by atoms with Crippen molar-refractivity contribution in [2.45, 2.75) is 45.1 Å². The van der Waals surface area contributed by atoms with Gasteiger partial charge in [-0.25, -0.2) is 0 Å². The van der Waals surface area contributed by atoms with Crippen LogP contribution >= 0.6 is 0 Å². The van der Waals surface area contributed by atoms with Crippen LogP contribution in [0.4, 0.5) is 0 Å². The second-order valence-corrected chi connectivity index (χ2v) is 13.5. The Morgan fingerprint density at radius 3 is 2.75 bits per heavy atom. The number of hydrogen-bond donors (Lipinski definition) is 0. The van der Waals surface area contributed by atoms with Crippen molar-refractivity contribution >= 4 is 17.1 Å². The molecule has 4 nitrogen and oxygen atoms in total. The molecule has 20 heavy (non-hydrogen) atoms. The molecule has 0 bridgehead atoms. The molecule has 0 radical (unpaired) electrons. The normalized spacial score (nSPS) is 24.8. The highest BCUT2D eigenvalue weighted by Crippen LogP contribution is 2.21. The van der Waals surface area contributed by atoms with Gasteiger partial charge in [-0.1, -0.05) is 19.2 Å². The lowest BCUT2D eigenvalue weighted by molar-refractivity contribution is -0.0474. The van der Waals surface area contributed by atoms with Crippen LogP contribution in [-0.2, 0) is 13.9 Å². The maximum atomic E-state index is 6.26. The number of hydrogen-bond acceptors (Lipinski definition) is 4. The topological polar surface area (TPSA) is 30.9 Å². The summed E-state index contributed by atoms with van der Waals surface area (Å²) in [7, 11) is -2.53. The molecule has 0 N–H and O–H groups in total. The quantitative estimate of drug-likeness (QED) is 0.389. The number of rotatable bonds is 8. The van der Waals surface area contributed by atoms with E-state index in [1.165, 1.54) is 0 Å². The third-order valence-corrected chi connectivity index (χ3v) is 7.21. The minimum absolute atomic E-state index is 0.168. The second-order valence-electron chi connectivity index (χ2n) is 6.35. The molecular formula is C14H31NO3Si2. The van der Waals surface area contributed by atoms with Crippen molar-refractivity contribution < 1.29 is 13.9 Å². The van der Waals surface area contributed by atoms with E-state index in [0.717, 1.165) is 19.3 Å². The fourth-order valence-corrected chi connectivity index (χ4v) is 7.06. The van der Waals surface area contributed by atoms with Crippen molar-refractivity contribution in [3.05, 3.63) is 12.7 Å². The Morgan fingerprint density at radius 1 is 1.50 bits per heavy atom. The first-order chi connectivity index (χ1) is 9.39. The third kappa shape index (κ3) is 5.79. The molecule has 0 aromatic carbocycles. The smallest absolute Gasteiger partial charge is 0.201 e. The molecule has 2 unspecified atom stereocenters. The first kappa shape index (κ1) is 18.1. The van der Waals surface area contributed by atoms with E-state index in [2.05, 4.69) is 44.6 Å².